The van der Waals surface area contributed by atoms with Crippen LogP contribution < -0.4 is 10.1 Å². The molecule has 0 aliphatic rings. The summed E-state index contributed by atoms with van der Waals surface area (Å²) in [5, 5.41) is 3.37. The van der Waals surface area contributed by atoms with Gasteiger partial charge >= 0.3 is 0 Å². The van der Waals surface area contributed by atoms with Crippen molar-refractivity contribution < 1.29 is 13.5 Å². The van der Waals surface area contributed by atoms with Crippen LogP contribution in [0.15, 0.2) is 18.2 Å². The fourth-order valence-electron chi connectivity index (χ4n) is 1.73. The molecule has 0 saturated heterocycles. The Kier molecular flexibility index (Phi) is 7.41. The normalized spacial score (nSPS) is 11.0. The molecule has 0 radical (unpaired) electrons. The Balaban J connectivity index is 2.03. The molecule has 1 N–H and O–H groups in total. The first-order valence-corrected chi connectivity index (χ1v) is 6.91. The minimum atomic E-state index is -0.864. The van der Waals surface area contributed by atoms with E-state index in [1.807, 2.05) is 0 Å². The van der Waals surface area contributed by atoms with Gasteiger partial charge in [0.05, 0.1) is 6.61 Å². The SMILES string of the molecule is CC(C)NCCCCCCOc1ccc(F)c(F)c1. The van der Waals surface area contributed by atoms with Crippen molar-refractivity contribution in [3.8, 4) is 5.75 Å². The maximum absolute atomic E-state index is 12.9. The first-order chi connectivity index (χ1) is 9.09. The van der Waals surface area contributed by atoms with Gasteiger partial charge in [-0.25, -0.2) is 8.78 Å². The molecule has 0 saturated carbocycles. The number of benzene rings is 1. The lowest BCUT2D eigenvalue weighted by atomic mass is 10.2. The molecule has 0 aromatic heterocycles. The number of hydrogen-bond donors (Lipinski definition) is 1. The molecule has 0 unspecified atom stereocenters. The van der Waals surface area contributed by atoms with Crippen molar-refractivity contribution in [1.82, 2.24) is 5.32 Å². The Hall–Kier alpha value is -1.16. The first-order valence-electron chi connectivity index (χ1n) is 6.91. The highest BCUT2D eigenvalue weighted by atomic mass is 19.2. The molecule has 1 rings (SSSR count). The number of rotatable bonds is 9. The van der Waals surface area contributed by atoms with E-state index in [2.05, 4.69) is 19.2 Å². The van der Waals surface area contributed by atoms with Gasteiger partial charge in [-0.05, 0) is 31.5 Å². The molecule has 108 valence electrons. The third-order valence-corrected chi connectivity index (χ3v) is 2.78. The summed E-state index contributed by atoms with van der Waals surface area (Å²) in [6.07, 6.45) is 4.33. The molecule has 2 nitrogen and oxygen atoms in total. The van der Waals surface area contributed by atoms with E-state index in [9.17, 15) is 8.78 Å². The first kappa shape index (κ1) is 15.9. The van der Waals surface area contributed by atoms with Gasteiger partial charge in [0, 0.05) is 12.1 Å². The maximum Gasteiger partial charge on any atom is 0.162 e. The van der Waals surface area contributed by atoms with Crippen molar-refractivity contribution in [2.45, 2.75) is 45.6 Å². The van der Waals surface area contributed by atoms with Crippen LogP contribution in [0.2, 0.25) is 0 Å². The van der Waals surface area contributed by atoms with Gasteiger partial charge in [0.15, 0.2) is 11.6 Å². The molecule has 1 aromatic rings. The van der Waals surface area contributed by atoms with Crippen LogP contribution in [0.25, 0.3) is 0 Å². The zero-order valence-electron chi connectivity index (χ0n) is 11.7. The largest absolute Gasteiger partial charge is 0.493 e. The standard InChI is InChI=1S/C15H23F2NO/c1-12(2)18-9-5-3-4-6-10-19-13-7-8-14(16)15(17)11-13/h7-8,11-12,18H,3-6,9-10H2,1-2H3. The van der Waals surface area contributed by atoms with E-state index < -0.39 is 11.6 Å². The van der Waals surface area contributed by atoms with Crippen LogP contribution in [-0.4, -0.2) is 19.2 Å². The van der Waals surface area contributed by atoms with Gasteiger partial charge in [-0.1, -0.05) is 26.7 Å². The van der Waals surface area contributed by atoms with Crippen LogP contribution in [0.4, 0.5) is 8.78 Å². The summed E-state index contributed by atoms with van der Waals surface area (Å²) < 4.78 is 30.9. The Morgan fingerprint density at radius 2 is 1.79 bits per heavy atom. The maximum atomic E-state index is 12.9. The van der Waals surface area contributed by atoms with Crippen molar-refractivity contribution in [2.24, 2.45) is 0 Å². The lowest BCUT2D eigenvalue weighted by Gasteiger charge is -2.08. The number of unbranched alkanes of at least 4 members (excludes halogenated alkanes) is 3. The highest BCUT2D eigenvalue weighted by Gasteiger charge is 2.02. The molecular weight excluding hydrogens is 248 g/mol. The predicted molar refractivity (Wildman–Crippen MR) is 73.5 cm³/mol. The van der Waals surface area contributed by atoms with E-state index in [1.54, 1.807) is 0 Å². The fraction of sp³-hybridized carbons (Fsp3) is 0.600. The molecular formula is C15H23F2NO. The van der Waals surface area contributed by atoms with Crippen molar-refractivity contribution in [1.29, 1.82) is 0 Å². The smallest absolute Gasteiger partial charge is 0.162 e. The van der Waals surface area contributed by atoms with Gasteiger partial charge in [0.2, 0.25) is 0 Å². The van der Waals surface area contributed by atoms with E-state index in [4.69, 9.17) is 4.74 Å². The Morgan fingerprint density at radius 1 is 1.05 bits per heavy atom. The second-order valence-electron chi connectivity index (χ2n) is 4.95. The zero-order valence-corrected chi connectivity index (χ0v) is 11.7. The summed E-state index contributed by atoms with van der Waals surface area (Å²) in [7, 11) is 0. The molecule has 0 aliphatic heterocycles. The molecule has 0 heterocycles. The second kappa shape index (κ2) is 8.86. The number of ether oxygens (including phenoxy) is 1. The van der Waals surface area contributed by atoms with Crippen LogP contribution in [0.5, 0.6) is 5.75 Å². The summed E-state index contributed by atoms with van der Waals surface area (Å²) in [5.74, 6) is -1.32. The monoisotopic (exact) mass is 271 g/mol. The van der Waals surface area contributed by atoms with Gasteiger partial charge in [-0.15, -0.1) is 0 Å². The van der Waals surface area contributed by atoms with Gasteiger partial charge in [0.1, 0.15) is 5.75 Å². The quantitative estimate of drug-likeness (QED) is 0.688. The molecule has 19 heavy (non-hydrogen) atoms. The average Bonchev–Trinajstić information content (AvgIpc) is 2.36. The van der Waals surface area contributed by atoms with E-state index >= 15 is 0 Å². The Bertz CT molecular complexity index is 369. The summed E-state index contributed by atoms with van der Waals surface area (Å²) in [4.78, 5) is 0. The van der Waals surface area contributed by atoms with Gasteiger partial charge in [-0.2, -0.15) is 0 Å². The highest BCUT2D eigenvalue weighted by Crippen LogP contribution is 2.15. The van der Waals surface area contributed by atoms with Crippen LogP contribution in [0, 0.1) is 11.6 Å². The summed E-state index contributed by atoms with van der Waals surface area (Å²) in [6, 6.07) is 4.16. The van der Waals surface area contributed by atoms with Crippen molar-refractivity contribution in [3.63, 3.8) is 0 Å². The van der Waals surface area contributed by atoms with Crippen molar-refractivity contribution >= 4 is 0 Å². The summed E-state index contributed by atoms with van der Waals surface area (Å²) in [6.45, 7) is 5.86. The second-order valence-corrected chi connectivity index (χ2v) is 4.95. The zero-order chi connectivity index (χ0) is 14.1. The average molecular weight is 271 g/mol. The Morgan fingerprint density at radius 3 is 2.47 bits per heavy atom. The van der Waals surface area contributed by atoms with E-state index in [0.29, 0.717) is 18.4 Å². The van der Waals surface area contributed by atoms with Crippen molar-refractivity contribution in [2.75, 3.05) is 13.2 Å². The lowest BCUT2D eigenvalue weighted by Crippen LogP contribution is -2.23. The summed E-state index contributed by atoms with van der Waals surface area (Å²) >= 11 is 0. The summed E-state index contributed by atoms with van der Waals surface area (Å²) in [5.41, 5.74) is 0. The molecule has 0 aliphatic carbocycles. The Labute approximate surface area is 114 Å². The topological polar surface area (TPSA) is 21.3 Å². The van der Waals surface area contributed by atoms with E-state index in [1.165, 1.54) is 6.07 Å². The van der Waals surface area contributed by atoms with Gasteiger partial charge < -0.3 is 10.1 Å². The molecule has 0 spiro atoms. The molecule has 0 bridgehead atoms. The third-order valence-electron chi connectivity index (χ3n) is 2.78. The number of nitrogens with one attached hydrogen (secondary N) is 1. The number of halogens is 2. The van der Waals surface area contributed by atoms with Crippen LogP contribution in [0.3, 0.4) is 0 Å². The molecule has 4 heteroatoms. The van der Waals surface area contributed by atoms with E-state index in [0.717, 1.165) is 44.4 Å². The highest BCUT2D eigenvalue weighted by molar-refractivity contribution is 5.23. The number of hydrogen-bond acceptors (Lipinski definition) is 2. The van der Waals surface area contributed by atoms with Gasteiger partial charge in [0.25, 0.3) is 0 Å². The van der Waals surface area contributed by atoms with Gasteiger partial charge in [-0.3, -0.25) is 0 Å². The van der Waals surface area contributed by atoms with Crippen LogP contribution >= 0.6 is 0 Å². The minimum Gasteiger partial charge on any atom is -0.493 e. The van der Waals surface area contributed by atoms with Crippen molar-refractivity contribution in [3.05, 3.63) is 29.8 Å². The van der Waals surface area contributed by atoms with Crippen LogP contribution in [0.1, 0.15) is 39.5 Å². The lowest BCUT2D eigenvalue weighted by molar-refractivity contribution is 0.301. The van der Waals surface area contributed by atoms with E-state index in [-0.39, 0.29) is 0 Å². The van der Waals surface area contributed by atoms with Crippen LogP contribution in [-0.2, 0) is 0 Å². The predicted octanol–water partition coefficient (Wildman–Crippen LogP) is 3.90. The molecule has 0 fully saturated rings. The minimum absolute atomic E-state index is 0.389. The molecule has 0 atom stereocenters. The molecule has 1 aromatic carbocycles. The molecule has 0 amide bonds. The third kappa shape index (κ3) is 7.11. The fourth-order valence-corrected chi connectivity index (χ4v) is 1.73.